The Labute approximate surface area is 155 Å². The van der Waals surface area contributed by atoms with Gasteiger partial charge < -0.3 is 15.4 Å². The molecule has 2 N–H and O–H groups in total. The standard InChI is InChI=1S/C18H27N3O4S/c1-13-11-21(12-14(2)25-13)26(23,24)17-9-7-16(8-10-17)20-18(22)19-15-5-3-4-6-15/h7-10,13-15H,3-6,11-12H2,1-2H3,(H2,19,20,22). The maximum absolute atomic E-state index is 12.8. The monoisotopic (exact) mass is 381 g/mol. The van der Waals surface area contributed by atoms with E-state index in [1.165, 1.54) is 16.4 Å². The summed E-state index contributed by atoms with van der Waals surface area (Å²) in [6, 6.07) is 6.29. The lowest BCUT2D eigenvalue weighted by Crippen LogP contribution is -2.48. The molecule has 1 aliphatic heterocycles. The van der Waals surface area contributed by atoms with Gasteiger partial charge in [-0.25, -0.2) is 13.2 Å². The van der Waals surface area contributed by atoms with Crippen molar-refractivity contribution in [2.24, 2.45) is 0 Å². The summed E-state index contributed by atoms with van der Waals surface area (Å²) in [6.07, 6.45) is 4.07. The highest BCUT2D eigenvalue weighted by Crippen LogP contribution is 2.23. The van der Waals surface area contributed by atoms with Gasteiger partial charge in [0.25, 0.3) is 0 Å². The molecule has 1 saturated heterocycles. The molecule has 0 radical (unpaired) electrons. The number of carbonyl (C=O) groups excluding carboxylic acids is 1. The number of hydrogen-bond donors (Lipinski definition) is 2. The summed E-state index contributed by atoms with van der Waals surface area (Å²) in [4.78, 5) is 12.2. The van der Waals surface area contributed by atoms with E-state index in [1.807, 2.05) is 13.8 Å². The van der Waals surface area contributed by atoms with Crippen molar-refractivity contribution in [3.05, 3.63) is 24.3 Å². The van der Waals surface area contributed by atoms with Gasteiger partial charge in [0.1, 0.15) is 0 Å². The fourth-order valence-corrected chi connectivity index (χ4v) is 5.20. The molecule has 2 amide bonds. The van der Waals surface area contributed by atoms with Crippen LogP contribution in [0.3, 0.4) is 0 Å². The molecule has 2 unspecified atom stereocenters. The molecule has 1 heterocycles. The number of amides is 2. The van der Waals surface area contributed by atoms with E-state index >= 15 is 0 Å². The maximum atomic E-state index is 12.8. The Morgan fingerprint density at radius 2 is 1.65 bits per heavy atom. The van der Waals surface area contributed by atoms with Crippen LogP contribution in [0.25, 0.3) is 0 Å². The molecule has 0 bridgehead atoms. The van der Waals surface area contributed by atoms with E-state index < -0.39 is 10.0 Å². The highest BCUT2D eigenvalue weighted by Gasteiger charge is 2.32. The number of morpholine rings is 1. The first-order valence-electron chi connectivity index (χ1n) is 9.18. The molecule has 2 fully saturated rings. The third-order valence-corrected chi connectivity index (χ3v) is 6.67. The second kappa shape index (κ2) is 7.94. The highest BCUT2D eigenvalue weighted by atomic mass is 32.2. The van der Waals surface area contributed by atoms with Gasteiger partial charge in [0.15, 0.2) is 0 Å². The Bertz CT molecular complexity index is 719. The molecule has 0 spiro atoms. The third-order valence-electron chi connectivity index (χ3n) is 4.83. The zero-order valence-electron chi connectivity index (χ0n) is 15.3. The van der Waals surface area contributed by atoms with Gasteiger partial charge in [0.2, 0.25) is 10.0 Å². The molecule has 26 heavy (non-hydrogen) atoms. The average Bonchev–Trinajstić information content (AvgIpc) is 3.07. The number of hydrogen-bond acceptors (Lipinski definition) is 4. The van der Waals surface area contributed by atoms with Crippen LogP contribution in [0, 0.1) is 0 Å². The average molecular weight is 381 g/mol. The van der Waals surface area contributed by atoms with Gasteiger partial charge in [-0.05, 0) is 51.0 Å². The quantitative estimate of drug-likeness (QED) is 0.839. The van der Waals surface area contributed by atoms with Crippen LogP contribution in [-0.4, -0.2) is 50.1 Å². The van der Waals surface area contributed by atoms with E-state index in [4.69, 9.17) is 4.74 Å². The Morgan fingerprint density at radius 3 is 2.23 bits per heavy atom. The molecular weight excluding hydrogens is 354 g/mol. The lowest BCUT2D eigenvalue weighted by atomic mass is 10.2. The molecular formula is C18H27N3O4S. The van der Waals surface area contributed by atoms with Crippen molar-refractivity contribution in [3.8, 4) is 0 Å². The summed E-state index contributed by atoms with van der Waals surface area (Å²) in [5.41, 5.74) is 0.572. The van der Waals surface area contributed by atoms with Gasteiger partial charge in [0.05, 0.1) is 17.1 Å². The Morgan fingerprint density at radius 1 is 1.08 bits per heavy atom. The van der Waals surface area contributed by atoms with Crippen molar-refractivity contribution < 1.29 is 17.9 Å². The molecule has 8 heteroatoms. The molecule has 7 nitrogen and oxygen atoms in total. The van der Waals surface area contributed by atoms with E-state index in [-0.39, 0.29) is 29.2 Å². The van der Waals surface area contributed by atoms with Crippen molar-refractivity contribution >= 4 is 21.7 Å². The first-order chi connectivity index (χ1) is 12.3. The number of ether oxygens (including phenoxy) is 1. The summed E-state index contributed by atoms with van der Waals surface area (Å²) in [5, 5.41) is 5.71. The minimum atomic E-state index is -3.57. The summed E-state index contributed by atoms with van der Waals surface area (Å²) >= 11 is 0. The number of carbonyl (C=O) groups is 1. The van der Waals surface area contributed by atoms with Crippen LogP contribution < -0.4 is 10.6 Å². The molecule has 1 aliphatic carbocycles. The first kappa shape index (κ1) is 19.1. The Kier molecular flexibility index (Phi) is 5.84. The first-order valence-corrected chi connectivity index (χ1v) is 10.6. The molecule has 1 aromatic carbocycles. The third kappa shape index (κ3) is 4.55. The molecule has 1 aromatic rings. The Balaban J connectivity index is 1.63. The van der Waals surface area contributed by atoms with Crippen molar-refractivity contribution in [3.63, 3.8) is 0 Å². The van der Waals surface area contributed by atoms with Crippen LogP contribution in [0.15, 0.2) is 29.2 Å². The minimum Gasteiger partial charge on any atom is -0.373 e. The lowest BCUT2D eigenvalue weighted by molar-refractivity contribution is -0.0440. The SMILES string of the molecule is CC1CN(S(=O)(=O)c2ccc(NC(=O)NC3CCCC3)cc2)CC(C)O1. The van der Waals surface area contributed by atoms with Crippen LogP contribution in [0.5, 0.6) is 0 Å². The van der Waals surface area contributed by atoms with Crippen molar-refractivity contribution in [2.45, 2.75) is 62.7 Å². The summed E-state index contributed by atoms with van der Waals surface area (Å²) in [7, 11) is -3.57. The molecule has 1 saturated carbocycles. The molecule has 144 valence electrons. The van der Waals surface area contributed by atoms with Gasteiger partial charge in [-0.3, -0.25) is 0 Å². The zero-order valence-corrected chi connectivity index (χ0v) is 16.1. The van der Waals surface area contributed by atoms with Crippen LogP contribution in [0.2, 0.25) is 0 Å². The van der Waals surface area contributed by atoms with E-state index in [1.54, 1.807) is 12.1 Å². The summed E-state index contributed by atoms with van der Waals surface area (Å²) < 4.78 is 32.7. The summed E-state index contributed by atoms with van der Waals surface area (Å²) in [6.45, 7) is 4.43. The predicted octanol–water partition coefficient (Wildman–Crippen LogP) is 2.55. The molecule has 0 aromatic heterocycles. The van der Waals surface area contributed by atoms with Gasteiger partial charge in [0, 0.05) is 24.8 Å². The topological polar surface area (TPSA) is 87.7 Å². The molecule has 2 atom stereocenters. The van der Waals surface area contributed by atoms with E-state index in [2.05, 4.69) is 10.6 Å². The number of rotatable bonds is 4. The number of benzene rings is 1. The largest absolute Gasteiger partial charge is 0.373 e. The van der Waals surface area contributed by atoms with E-state index in [0.29, 0.717) is 18.8 Å². The minimum absolute atomic E-state index is 0.131. The van der Waals surface area contributed by atoms with Crippen LogP contribution in [0.4, 0.5) is 10.5 Å². The van der Waals surface area contributed by atoms with Gasteiger partial charge in [-0.15, -0.1) is 0 Å². The fourth-order valence-electron chi connectivity index (χ4n) is 3.61. The van der Waals surface area contributed by atoms with E-state index in [0.717, 1.165) is 25.7 Å². The van der Waals surface area contributed by atoms with Crippen LogP contribution in [0.1, 0.15) is 39.5 Å². The van der Waals surface area contributed by atoms with Crippen molar-refractivity contribution in [2.75, 3.05) is 18.4 Å². The van der Waals surface area contributed by atoms with Crippen molar-refractivity contribution in [1.82, 2.24) is 9.62 Å². The predicted molar refractivity (Wildman–Crippen MR) is 99.6 cm³/mol. The molecule has 3 rings (SSSR count). The Hall–Kier alpha value is -1.64. The number of urea groups is 1. The van der Waals surface area contributed by atoms with Crippen molar-refractivity contribution in [1.29, 1.82) is 0 Å². The normalized spacial score (nSPS) is 25.2. The number of nitrogens with zero attached hydrogens (tertiary/aromatic N) is 1. The van der Waals surface area contributed by atoms with Gasteiger partial charge in [-0.2, -0.15) is 4.31 Å². The maximum Gasteiger partial charge on any atom is 0.319 e. The number of anilines is 1. The van der Waals surface area contributed by atoms with Crippen LogP contribution >= 0.6 is 0 Å². The lowest BCUT2D eigenvalue weighted by Gasteiger charge is -2.34. The number of sulfonamides is 1. The van der Waals surface area contributed by atoms with Crippen LogP contribution in [-0.2, 0) is 14.8 Å². The fraction of sp³-hybridized carbons (Fsp3) is 0.611. The second-order valence-electron chi connectivity index (χ2n) is 7.18. The van der Waals surface area contributed by atoms with E-state index in [9.17, 15) is 13.2 Å². The van der Waals surface area contributed by atoms with Gasteiger partial charge in [-0.1, -0.05) is 12.8 Å². The highest BCUT2D eigenvalue weighted by molar-refractivity contribution is 7.89. The molecule has 2 aliphatic rings. The second-order valence-corrected chi connectivity index (χ2v) is 9.12. The zero-order chi connectivity index (χ0) is 18.7. The van der Waals surface area contributed by atoms with Gasteiger partial charge >= 0.3 is 6.03 Å². The summed E-state index contributed by atoms with van der Waals surface area (Å²) in [5.74, 6) is 0. The number of nitrogens with one attached hydrogen (secondary N) is 2. The smallest absolute Gasteiger partial charge is 0.319 e.